The quantitative estimate of drug-likeness (QED) is 0.0640. The Morgan fingerprint density at radius 2 is 1.24 bits per heavy atom. The van der Waals surface area contributed by atoms with Crippen LogP contribution in [0.5, 0.6) is 11.5 Å². The minimum absolute atomic E-state index is 0.0119. The topological polar surface area (TPSA) is 190 Å². The van der Waals surface area contributed by atoms with E-state index in [1.807, 2.05) is 65.0 Å². The number of amides is 6. The number of phenols is 2. The van der Waals surface area contributed by atoms with Crippen LogP contribution in [0.3, 0.4) is 0 Å². The number of halogens is 2. The van der Waals surface area contributed by atoms with Crippen LogP contribution < -0.4 is 37.6 Å². The fourth-order valence-electron chi connectivity index (χ4n) is 4.93. The fraction of sp³-hybridized carbons (Fsp3) is 0.400. The Bertz CT molecular complexity index is 1580. The van der Waals surface area contributed by atoms with Crippen molar-refractivity contribution in [2.24, 2.45) is 5.41 Å². The van der Waals surface area contributed by atoms with E-state index in [4.69, 9.17) is 28.9 Å². The van der Waals surface area contributed by atoms with Gasteiger partial charge in [0.15, 0.2) is 11.5 Å². The van der Waals surface area contributed by atoms with Gasteiger partial charge < -0.3 is 47.8 Å². The zero-order valence-electron chi connectivity index (χ0n) is 29.3. The monoisotopic (exact) mass is 717 g/mol. The minimum Gasteiger partial charge on any atom is -0.504 e. The van der Waals surface area contributed by atoms with Gasteiger partial charge in [0.05, 0.1) is 21.4 Å². The Labute approximate surface area is 298 Å². The van der Waals surface area contributed by atoms with E-state index in [1.165, 1.54) is 24.3 Å². The summed E-state index contributed by atoms with van der Waals surface area (Å²) < 4.78 is 0. The van der Waals surface area contributed by atoms with Gasteiger partial charge in [-0.1, -0.05) is 74.3 Å². The van der Waals surface area contributed by atoms with Gasteiger partial charge in [-0.15, -0.1) is 0 Å². The Kier molecular flexibility index (Phi) is 14.3. The highest BCUT2D eigenvalue weighted by atomic mass is 35.5. The van der Waals surface area contributed by atoms with Crippen molar-refractivity contribution in [1.82, 2.24) is 16.0 Å². The van der Waals surface area contributed by atoms with E-state index in [0.717, 1.165) is 18.4 Å². The molecular formula is C35H49Cl2N7O5. The van der Waals surface area contributed by atoms with Crippen LogP contribution in [0.1, 0.15) is 67.4 Å². The first-order valence-corrected chi connectivity index (χ1v) is 16.4. The molecule has 0 radical (unpaired) electrons. The number of nitrogens with one attached hydrogen (secondary N) is 6. The van der Waals surface area contributed by atoms with Crippen molar-refractivity contribution >= 4 is 64.0 Å². The van der Waals surface area contributed by atoms with Gasteiger partial charge in [-0.25, -0.2) is 14.4 Å². The second-order valence-corrected chi connectivity index (χ2v) is 15.2. The molecule has 0 saturated heterocycles. The van der Waals surface area contributed by atoms with E-state index in [-0.39, 0.29) is 44.4 Å². The second-order valence-electron chi connectivity index (χ2n) is 14.4. The van der Waals surface area contributed by atoms with Gasteiger partial charge in [0.1, 0.15) is 0 Å². The number of hydrogen-bond donors (Lipinski definition) is 9. The molecule has 0 aliphatic carbocycles. The molecule has 0 bridgehead atoms. The van der Waals surface area contributed by atoms with Crippen LogP contribution in [0.4, 0.5) is 37.1 Å². The lowest BCUT2D eigenvalue weighted by Gasteiger charge is -2.33. The van der Waals surface area contributed by atoms with Gasteiger partial charge >= 0.3 is 18.1 Å². The van der Waals surface area contributed by atoms with Crippen LogP contribution in [0.25, 0.3) is 0 Å². The molecule has 49 heavy (non-hydrogen) atoms. The van der Waals surface area contributed by atoms with Crippen LogP contribution in [-0.2, 0) is 6.42 Å². The molecular weight excluding hydrogens is 669 g/mol. The van der Waals surface area contributed by atoms with Gasteiger partial charge in [-0.3, -0.25) is 0 Å². The number of phenolic OH excluding ortho intramolecular Hbond substituents is 2. The third kappa shape index (κ3) is 15.5. The van der Waals surface area contributed by atoms with Gasteiger partial charge in [-0.05, 0) is 82.7 Å². The fourth-order valence-corrected chi connectivity index (χ4v) is 5.38. The first kappa shape index (κ1) is 40.6. The number of urea groups is 3. The van der Waals surface area contributed by atoms with E-state index in [9.17, 15) is 24.6 Å². The predicted octanol–water partition coefficient (Wildman–Crippen LogP) is 8.29. The molecule has 6 amide bonds. The largest absolute Gasteiger partial charge is 0.504 e. The molecule has 3 aromatic rings. The average Bonchev–Trinajstić information content (AvgIpc) is 2.92. The average molecular weight is 719 g/mol. The molecule has 0 fully saturated rings. The SMILES string of the molecule is CC(C)(C)CC(C)(C)NC(=O)Nc1cc(Cl)c(O)c(NC(=O)NC(C)(C)C)c1.Nc1cc(NC(=O)NCCc2ccccc2)cc(Cl)c1O. The Balaban J connectivity index is 0.000000353. The molecule has 10 N–H and O–H groups in total. The summed E-state index contributed by atoms with van der Waals surface area (Å²) >= 11 is 11.8. The number of carbonyl (C=O) groups excluding carboxylic acids is 3. The number of rotatable bonds is 8. The van der Waals surface area contributed by atoms with Crippen molar-refractivity contribution in [3.8, 4) is 11.5 Å². The summed E-state index contributed by atoms with van der Waals surface area (Å²) in [6, 6.07) is 14.3. The van der Waals surface area contributed by atoms with E-state index >= 15 is 0 Å². The van der Waals surface area contributed by atoms with E-state index in [0.29, 0.717) is 17.9 Å². The van der Waals surface area contributed by atoms with Crippen molar-refractivity contribution in [2.75, 3.05) is 28.2 Å². The van der Waals surface area contributed by atoms with E-state index in [2.05, 4.69) is 52.7 Å². The first-order valence-electron chi connectivity index (χ1n) is 15.6. The molecule has 268 valence electrons. The number of nitrogens with two attached hydrogens (primary N) is 1. The number of anilines is 4. The minimum atomic E-state index is -0.494. The van der Waals surface area contributed by atoms with Crippen LogP contribution in [-0.4, -0.2) is 45.9 Å². The van der Waals surface area contributed by atoms with Gasteiger partial charge in [0.25, 0.3) is 0 Å². The standard InChI is InChI=1S/C20H33ClN4O3.C15H16ClN3O2/c1-18(2,3)11-20(7,8)25-16(27)22-12-9-13(21)15(26)14(10-12)23-17(28)24-19(4,5)6;16-12-8-11(9-13(17)14(12)20)19-15(21)18-7-6-10-4-2-1-3-5-10/h9-10,26H,11H2,1-8H3,(H2,22,25,27)(H2,23,24,28);1-5,8-9,20H,6-7,17H2,(H2,18,19,21). The zero-order chi connectivity index (χ0) is 37.2. The smallest absolute Gasteiger partial charge is 0.319 e. The normalized spacial score (nSPS) is 11.4. The summed E-state index contributed by atoms with van der Waals surface area (Å²) in [6.07, 6.45) is 1.52. The van der Waals surface area contributed by atoms with Gasteiger partial charge in [-0.2, -0.15) is 0 Å². The third-order valence-corrected chi connectivity index (χ3v) is 6.95. The molecule has 0 heterocycles. The van der Waals surface area contributed by atoms with Crippen LogP contribution in [0.2, 0.25) is 10.0 Å². The lowest BCUT2D eigenvalue weighted by atomic mass is 9.82. The number of nitrogen functional groups attached to an aromatic ring is 1. The Morgan fingerprint density at radius 1 is 0.714 bits per heavy atom. The molecule has 0 unspecified atom stereocenters. The van der Waals surface area contributed by atoms with Crippen molar-refractivity contribution in [2.45, 2.75) is 79.3 Å². The summed E-state index contributed by atoms with van der Waals surface area (Å²) in [5.41, 5.74) is 6.88. The van der Waals surface area contributed by atoms with Crippen molar-refractivity contribution in [3.63, 3.8) is 0 Å². The molecule has 0 atom stereocenters. The molecule has 0 aliphatic heterocycles. The number of hydrogen-bond acceptors (Lipinski definition) is 6. The Morgan fingerprint density at radius 3 is 1.80 bits per heavy atom. The van der Waals surface area contributed by atoms with Crippen LogP contribution in [0, 0.1) is 5.41 Å². The van der Waals surface area contributed by atoms with Crippen molar-refractivity contribution in [3.05, 3.63) is 70.2 Å². The maximum atomic E-state index is 12.4. The predicted molar refractivity (Wildman–Crippen MR) is 200 cm³/mol. The zero-order valence-corrected chi connectivity index (χ0v) is 30.8. The third-order valence-electron chi connectivity index (χ3n) is 6.38. The maximum Gasteiger partial charge on any atom is 0.319 e. The molecule has 0 saturated carbocycles. The summed E-state index contributed by atoms with van der Waals surface area (Å²) in [5, 5.41) is 35.9. The lowest BCUT2D eigenvalue weighted by Crippen LogP contribution is -2.47. The molecule has 12 nitrogen and oxygen atoms in total. The molecule has 14 heteroatoms. The van der Waals surface area contributed by atoms with Crippen LogP contribution >= 0.6 is 23.2 Å². The summed E-state index contributed by atoms with van der Waals surface area (Å²) in [4.78, 5) is 36.2. The number of benzene rings is 3. The molecule has 3 rings (SSSR count). The van der Waals surface area contributed by atoms with Gasteiger partial charge in [0.2, 0.25) is 0 Å². The molecule has 0 aliphatic rings. The molecule has 3 aromatic carbocycles. The number of aromatic hydroxyl groups is 2. The highest BCUT2D eigenvalue weighted by molar-refractivity contribution is 6.33. The second kappa shape index (κ2) is 17.2. The lowest BCUT2D eigenvalue weighted by molar-refractivity contribution is 0.220. The first-order chi connectivity index (χ1) is 22.5. The van der Waals surface area contributed by atoms with Gasteiger partial charge in [0, 0.05) is 29.0 Å². The van der Waals surface area contributed by atoms with Crippen LogP contribution in [0.15, 0.2) is 54.6 Å². The summed E-state index contributed by atoms with van der Waals surface area (Å²) in [6.45, 7) is 16.2. The highest BCUT2D eigenvalue weighted by Crippen LogP contribution is 2.36. The van der Waals surface area contributed by atoms with Crippen molar-refractivity contribution in [1.29, 1.82) is 0 Å². The summed E-state index contributed by atoms with van der Waals surface area (Å²) in [5.74, 6) is -0.462. The number of carbonyl (C=O) groups is 3. The maximum absolute atomic E-state index is 12.4. The molecule has 0 spiro atoms. The highest BCUT2D eigenvalue weighted by Gasteiger charge is 2.27. The van der Waals surface area contributed by atoms with E-state index in [1.54, 1.807) is 0 Å². The Hall–Kier alpha value is -4.55. The summed E-state index contributed by atoms with van der Waals surface area (Å²) in [7, 11) is 0. The molecule has 0 aromatic heterocycles. The van der Waals surface area contributed by atoms with Crippen molar-refractivity contribution < 1.29 is 24.6 Å². The van der Waals surface area contributed by atoms with E-state index < -0.39 is 23.1 Å².